The van der Waals surface area contributed by atoms with E-state index in [1.807, 2.05) is 0 Å². The van der Waals surface area contributed by atoms with Crippen LogP contribution in [0.2, 0.25) is 10.0 Å². The van der Waals surface area contributed by atoms with Gasteiger partial charge >= 0.3 is 0 Å². The molecule has 1 amide bonds. The zero-order chi connectivity index (χ0) is 17.3. The summed E-state index contributed by atoms with van der Waals surface area (Å²) in [5.74, 6) is 0.293. The first-order valence-corrected chi connectivity index (χ1v) is 7.88. The van der Waals surface area contributed by atoms with Gasteiger partial charge in [0.05, 0.1) is 34.6 Å². The number of benzene rings is 1. The van der Waals surface area contributed by atoms with Gasteiger partial charge in [-0.05, 0) is 31.2 Å². The Hall–Kier alpha value is -2.31. The summed E-state index contributed by atoms with van der Waals surface area (Å²) >= 11 is 12.0. The van der Waals surface area contributed by atoms with E-state index in [0.717, 1.165) is 0 Å². The Morgan fingerprint density at radius 1 is 1.42 bits per heavy atom. The summed E-state index contributed by atoms with van der Waals surface area (Å²) in [6, 6.07) is 6.19. The van der Waals surface area contributed by atoms with E-state index >= 15 is 0 Å². The molecule has 24 heavy (non-hydrogen) atoms. The lowest BCUT2D eigenvalue weighted by Gasteiger charge is -2.12. The van der Waals surface area contributed by atoms with Crippen molar-refractivity contribution in [2.75, 3.05) is 0 Å². The fraction of sp³-hybridized carbons (Fsp3) is 0.188. The van der Waals surface area contributed by atoms with Crippen LogP contribution in [0.15, 0.2) is 46.1 Å². The summed E-state index contributed by atoms with van der Waals surface area (Å²) in [6.07, 6.45) is 2.82. The SMILES string of the molecule is CC(NC(=O)Cn1cnc2c(Cl)cc(Cl)cc2c1=O)c1ccco1. The van der Waals surface area contributed by atoms with Gasteiger partial charge in [-0.1, -0.05) is 23.2 Å². The van der Waals surface area contributed by atoms with Crippen molar-refractivity contribution >= 4 is 40.0 Å². The predicted molar refractivity (Wildman–Crippen MR) is 91.3 cm³/mol. The van der Waals surface area contributed by atoms with E-state index in [4.69, 9.17) is 27.6 Å². The highest BCUT2D eigenvalue weighted by molar-refractivity contribution is 6.38. The fourth-order valence-corrected chi connectivity index (χ4v) is 2.90. The molecule has 1 N–H and O–H groups in total. The van der Waals surface area contributed by atoms with Crippen molar-refractivity contribution < 1.29 is 9.21 Å². The monoisotopic (exact) mass is 365 g/mol. The van der Waals surface area contributed by atoms with Crippen LogP contribution in [0.25, 0.3) is 10.9 Å². The standard InChI is InChI=1S/C16H13Cl2N3O3/c1-9(13-3-2-4-24-13)20-14(22)7-21-8-19-15-11(16(21)23)5-10(17)6-12(15)18/h2-6,8-9H,7H2,1H3,(H,20,22). The number of nitrogens with zero attached hydrogens (tertiary/aromatic N) is 2. The second-order valence-electron chi connectivity index (χ2n) is 5.27. The van der Waals surface area contributed by atoms with Gasteiger partial charge in [-0.3, -0.25) is 14.2 Å². The number of halogens is 2. The van der Waals surface area contributed by atoms with Crippen LogP contribution in [-0.4, -0.2) is 15.5 Å². The molecule has 0 spiro atoms. The molecule has 0 aliphatic heterocycles. The first-order valence-electron chi connectivity index (χ1n) is 7.12. The normalized spacial score (nSPS) is 12.3. The van der Waals surface area contributed by atoms with Gasteiger partial charge in [0, 0.05) is 5.02 Å². The maximum absolute atomic E-state index is 12.5. The topological polar surface area (TPSA) is 77.1 Å². The molecule has 124 valence electrons. The lowest BCUT2D eigenvalue weighted by molar-refractivity contribution is -0.122. The van der Waals surface area contributed by atoms with Crippen LogP contribution in [0.3, 0.4) is 0 Å². The molecule has 2 aromatic heterocycles. The second-order valence-corrected chi connectivity index (χ2v) is 6.11. The van der Waals surface area contributed by atoms with Gasteiger partial charge in [-0.15, -0.1) is 0 Å². The van der Waals surface area contributed by atoms with Gasteiger partial charge < -0.3 is 9.73 Å². The first kappa shape index (κ1) is 16.5. The van der Waals surface area contributed by atoms with Crippen LogP contribution >= 0.6 is 23.2 Å². The van der Waals surface area contributed by atoms with Gasteiger partial charge in [-0.25, -0.2) is 4.98 Å². The molecule has 0 saturated heterocycles. The Morgan fingerprint density at radius 3 is 2.92 bits per heavy atom. The van der Waals surface area contributed by atoms with E-state index in [1.54, 1.807) is 19.1 Å². The van der Waals surface area contributed by atoms with Gasteiger partial charge in [0.2, 0.25) is 5.91 Å². The number of nitrogens with one attached hydrogen (secondary N) is 1. The molecule has 2 heterocycles. The number of carbonyl (C=O) groups is 1. The Kier molecular flexibility index (Phi) is 4.59. The molecule has 0 aliphatic carbocycles. The van der Waals surface area contributed by atoms with Crippen LogP contribution in [0.1, 0.15) is 18.7 Å². The summed E-state index contributed by atoms with van der Waals surface area (Å²) in [6.45, 7) is 1.62. The highest BCUT2D eigenvalue weighted by atomic mass is 35.5. The molecule has 1 atom stereocenters. The van der Waals surface area contributed by atoms with E-state index in [2.05, 4.69) is 10.3 Å². The summed E-state index contributed by atoms with van der Waals surface area (Å²) in [4.78, 5) is 28.8. The molecule has 0 saturated carbocycles. The largest absolute Gasteiger partial charge is 0.467 e. The fourth-order valence-electron chi connectivity index (χ4n) is 2.36. The number of fused-ring (bicyclic) bond motifs is 1. The van der Waals surface area contributed by atoms with Crippen LogP contribution in [0.4, 0.5) is 0 Å². The predicted octanol–water partition coefficient (Wildman–Crippen LogP) is 3.17. The molecule has 0 bridgehead atoms. The number of rotatable bonds is 4. The second kappa shape index (κ2) is 6.67. The van der Waals surface area contributed by atoms with Crippen molar-refractivity contribution in [2.24, 2.45) is 0 Å². The molecule has 8 heteroatoms. The highest BCUT2D eigenvalue weighted by Gasteiger charge is 2.14. The van der Waals surface area contributed by atoms with E-state index in [0.29, 0.717) is 16.3 Å². The molecule has 6 nitrogen and oxygen atoms in total. The van der Waals surface area contributed by atoms with Crippen molar-refractivity contribution in [3.8, 4) is 0 Å². The third-order valence-corrected chi connectivity index (χ3v) is 4.01. The molecule has 3 rings (SSSR count). The molecular formula is C16H13Cl2N3O3. The number of furan rings is 1. The summed E-state index contributed by atoms with van der Waals surface area (Å²) < 4.78 is 6.44. The number of hydrogen-bond donors (Lipinski definition) is 1. The van der Waals surface area contributed by atoms with Crippen LogP contribution < -0.4 is 10.9 Å². The highest BCUT2D eigenvalue weighted by Crippen LogP contribution is 2.23. The van der Waals surface area contributed by atoms with Crippen LogP contribution in [-0.2, 0) is 11.3 Å². The number of amides is 1. The Morgan fingerprint density at radius 2 is 2.21 bits per heavy atom. The quantitative estimate of drug-likeness (QED) is 0.770. The van der Waals surface area contributed by atoms with Gasteiger partial charge in [-0.2, -0.15) is 0 Å². The minimum absolute atomic E-state index is 0.170. The van der Waals surface area contributed by atoms with Crippen LogP contribution in [0, 0.1) is 0 Å². The van der Waals surface area contributed by atoms with E-state index in [1.165, 1.54) is 29.3 Å². The van der Waals surface area contributed by atoms with E-state index in [-0.39, 0.29) is 34.5 Å². The lowest BCUT2D eigenvalue weighted by atomic mass is 10.2. The van der Waals surface area contributed by atoms with Crippen molar-refractivity contribution in [1.29, 1.82) is 0 Å². The zero-order valence-electron chi connectivity index (χ0n) is 12.6. The first-order chi connectivity index (χ1) is 11.5. The van der Waals surface area contributed by atoms with Gasteiger partial charge in [0.15, 0.2) is 0 Å². The zero-order valence-corrected chi connectivity index (χ0v) is 14.1. The Labute approximate surface area is 147 Å². The minimum Gasteiger partial charge on any atom is -0.467 e. The number of aromatic nitrogens is 2. The summed E-state index contributed by atoms with van der Waals surface area (Å²) in [5, 5.41) is 3.64. The third-order valence-electron chi connectivity index (χ3n) is 3.51. The van der Waals surface area contributed by atoms with E-state index in [9.17, 15) is 9.59 Å². The molecular weight excluding hydrogens is 353 g/mol. The average Bonchev–Trinajstić information content (AvgIpc) is 3.05. The van der Waals surface area contributed by atoms with Crippen molar-refractivity contribution in [1.82, 2.24) is 14.9 Å². The van der Waals surface area contributed by atoms with Crippen molar-refractivity contribution in [3.63, 3.8) is 0 Å². The Bertz CT molecular complexity index is 951. The molecule has 0 aliphatic rings. The molecule has 1 unspecified atom stereocenters. The summed E-state index contributed by atoms with van der Waals surface area (Å²) in [7, 11) is 0. The van der Waals surface area contributed by atoms with Gasteiger partial charge in [0.25, 0.3) is 5.56 Å². The van der Waals surface area contributed by atoms with Gasteiger partial charge in [0.1, 0.15) is 12.3 Å². The van der Waals surface area contributed by atoms with Crippen LogP contribution in [0.5, 0.6) is 0 Å². The maximum Gasteiger partial charge on any atom is 0.261 e. The van der Waals surface area contributed by atoms with E-state index < -0.39 is 0 Å². The average molecular weight is 366 g/mol. The minimum atomic E-state index is -0.384. The molecule has 3 aromatic rings. The number of carbonyl (C=O) groups excluding carboxylic acids is 1. The smallest absolute Gasteiger partial charge is 0.261 e. The third kappa shape index (κ3) is 3.29. The summed E-state index contributed by atoms with van der Waals surface area (Å²) in [5.41, 5.74) is -0.0307. The maximum atomic E-state index is 12.5. The molecule has 1 aromatic carbocycles. The molecule has 0 fully saturated rings. The number of hydrogen-bond acceptors (Lipinski definition) is 4. The van der Waals surface area contributed by atoms with Crippen molar-refractivity contribution in [2.45, 2.75) is 19.5 Å². The Balaban J connectivity index is 1.84. The lowest BCUT2D eigenvalue weighted by Crippen LogP contribution is -2.33. The molecule has 0 radical (unpaired) electrons. The van der Waals surface area contributed by atoms with Crippen molar-refractivity contribution in [3.05, 3.63) is 63.0 Å².